The summed E-state index contributed by atoms with van der Waals surface area (Å²) < 4.78 is 11.2. The van der Waals surface area contributed by atoms with E-state index in [4.69, 9.17) is 9.15 Å². The molecule has 0 bridgehead atoms. The topological polar surface area (TPSA) is 88.1 Å². The predicted molar refractivity (Wildman–Crippen MR) is 117 cm³/mol. The lowest BCUT2D eigenvalue weighted by Gasteiger charge is -2.07. The maximum absolute atomic E-state index is 10.3. The van der Waals surface area contributed by atoms with Crippen molar-refractivity contribution in [2.24, 2.45) is 4.99 Å². The van der Waals surface area contributed by atoms with Gasteiger partial charge in [-0.3, -0.25) is 4.99 Å². The molecule has 3 aromatic carbocycles. The molecule has 0 amide bonds. The molecule has 0 fully saturated rings. The zero-order valence-electron chi connectivity index (χ0n) is 16.8. The molecule has 152 valence electrons. The number of hydrogen-bond acceptors (Lipinski definition) is 6. The van der Waals surface area contributed by atoms with Crippen LogP contribution in [0.25, 0.3) is 22.6 Å². The van der Waals surface area contributed by atoms with Crippen molar-refractivity contribution >= 4 is 23.0 Å². The molecule has 1 aromatic heterocycles. The predicted octanol–water partition coefficient (Wildman–Crippen LogP) is 5.62. The third-order valence-corrected chi connectivity index (χ3v) is 4.75. The zero-order chi connectivity index (χ0) is 21.1. The number of rotatable bonds is 6. The van der Waals surface area contributed by atoms with E-state index in [1.807, 2.05) is 25.1 Å². The van der Waals surface area contributed by atoms with Crippen LogP contribution in [0.2, 0.25) is 0 Å². The van der Waals surface area contributed by atoms with Crippen LogP contribution in [-0.2, 0) is 6.42 Å². The molecule has 0 aliphatic carbocycles. The standard InChI is InChI=1S/C24H22N2O4/c1-3-15-8-11-21-19(12-15)26-24(30-21)18-13-17(9-10-20(18)27)25-14-16-6-5-7-22(23(16)28)29-4-2/h5-14,27-28H,3-4H2,1-2H3. The lowest BCUT2D eigenvalue weighted by Crippen LogP contribution is -1.93. The van der Waals surface area contributed by atoms with E-state index in [1.165, 1.54) is 5.56 Å². The summed E-state index contributed by atoms with van der Waals surface area (Å²) in [6, 6.07) is 16.0. The fraction of sp³-hybridized carbons (Fsp3) is 0.167. The van der Waals surface area contributed by atoms with Crippen LogP contribution in [0, 0.1) is 0 Å². The van der Waals surface area contributed by atoms with Gasteiger partial charge in [0.15, 0.2) is 17.1 Å². The average molecular weight is 402 g/mol. The molecule has 0 radical (unpaired) electrons. The Morgan fingerprint density at radius 3 is 2.73 bits per heavy atom. The van der Waals surface area contributed by atoms with E-state index >= 15 is 0 Å². The lowest BCUT2D eigenvalue weighted by atomic mass is 10.1. The van der Waals surface area contributed by atoms with Gasteiger partial charge in [-0.05, 0) is 61.4 Å². The summed E-state index contributed by atoms with van der Waals surface area (Å²) in [4.78, 5) is 8.95. The Morgan fingerprint density at radius 1 is 1.07 bits per heavy atom. The lowest BCUT2D eigenvalue weighted by molar-refractivity contribution is 0.318. The van der Waals surface area contributed by atoms with Gasteiger partial charge in [0.05, 0.1) is 17.9 Å². The summed E-state index contributed by atoms with van der Waals surface area (Å²) in [6.45, 7) is 4.39. The second-order valence-electron chi connectivity index (χ2n) is 6.76. The van der Waals surface area contributed by atoms with Gasteiger partial charge >= 0.3 is 0 Å². The highest BCUT2D eigenvalue weighted by Gasteiger charge is 2.13. The van der Waals surface area contributed by atoms with E-state index < -0.39 is 0 Å². The molecule has 30 heavy (non-hydrogen) atoms. The Labute approximate surface area is 174 Å². The van der Waals surface area contributed by atoms with Crippen LogP contribution in [0.4, 0.5) is 5.69 Å². The molecule has 0 spiro atoms. The number of aryl methyl sites for hydroxylation is 1. The van der Waals surface area contributed by atoms with E-state index in [1.54, 1.807) is 42.6 Å². The summed E-state index contributed by atoms with van der Waals surface area (Å²) >= 11 is 0. The summed E-state index contributed by atoms with van der Waals surface area (Å²) in [5.41, 5.74) is 4.14. The van der Waals surface area contributed by atoms with E-state index in [2.05, 4.69) is 16.9 Å². The third-order valence-electron chi connectivity index (χ3n) is 4.75. The van der Waals surface area contributed by atoms with E-state index in [9.17, 15) is 10.2 Å². The maximum atomic E-state index is 10.3. The summed E-state index contributed by atoms with van der Waals surface area (Å²) in [5.74, 6) is 0.824. The number of benzene rings is 3. The molecule has 6 nitrogen and oxygen atoms in total. The SMILES string of the molecule is CCOc1cccc(C=Nc2ccc(O)c(-c3nc4cc(CC)ccc4o3)c2)c1O. The first-order chi connectivity index (χ1) is 14.6. The van der Waals surface area contributed by atoms with Crippen molar-refractivity contribution in [3.05, 3.63) is 65.7 Å². The highest BCUT2D eigenvalue weighted by atomic mass is 16.5. The van der Waals surface area contributed by atoms with Gasteiger partial charge in [-0.1, -0.05) is 19.1 Å². The molecular weight excluding hydrogens is 380 g/mol. The van der Waals surface area contributed by atoms with Gasteiger partial charge in [0.1, 0.15) is 11.3 Å². The number of phenolic OH excluding ortho intramolecular Hbond substituents is 2. The summed E-state index contributed by atoms with van der Waals surface area (Å²) in [6.07, 6.45) is 2.46. The number of aliphatic imine (C=N–C) groups is 1. The molecular formula is C24H22N2O4. The first-order valence-electron chi connectivity index (χ1n) is 9.80. The quantitative estimate of drug-likeness (QED) is 0.409. The van der Waals surface area contributed by atoms with Crippen molar-refractivity contribution in [3.63, 3.8) is 0 Å². The van der Waals surface area contributed by atoms with Crippen molar-refractivity contribution in [2.45, 2.75) is 20.3 Å². The van der Waals surface area contributed by atoms with Gasteiger partial charge in [0.2, 0.25) is 5.89 Å². The monoisotopic (exact) mass is 402 g/mol. The van der Waals surface area contributed by atoms with Crippen molar-refractivity contribution in [2.75, 3.05) is 6.61 Å². The maximum Gasteiger partial charge on any atom is 0.231 e. The fourth-order valence-corrected chi connectivity index (χ4v) is 3.14. The molecule has 1 heterocycles. The molecule has 0 aliphatic rings. The number of oxazole rings is 1. The molecule has 0 saturated carbocycles. The minimum Gasteiger partial charge on any atom is -0.507 e. The van der Waals surface area contributed by atoms with E-state index in [-0.39, 0.29) is 11.5 Å². The Hall–Kier alpha value is -3.80. The van der Waals surface area contributed by atoms with Crippen LogP contribution in [0.5, 0.6) is 17.2 Å². The van der Waals surface area contributed by atoms with Gasteiger partial charge in [0, 0.05) is 11.8 Å². The first-order valence-corrected chi connectivity index (χ1v) is 9.80. The van der Waals surface area contributed by atoms with Crippen LogP contribution in [0.15, 0.2) is 64.0 Å². The fourth-order valence-electron chi connectivity index (χ4n) is 3.14. The largest absolute Gasteiger partial charge is 0.507 e. The Balaban J connectivity index is 1.67. The van der Waals surface area contributed by atoms with Crippen molar-refractivity contribution in [3.8, 4) is 28.7 Å². The number of fused-ring (bicyclic) bond motifs is 1. The molecule has 6 heteroatoms. The third kappa shape index (κ3) is 3.85. The number of ether oxygens (including phenoxy) is 1. The average Bonchev–Trinajstić information content (AvgIpc) is 3.18. The normalized spacial score (nSPS) is 11.4. The highest BCUT2D eigenvalue weighted by molar-refractivity contribution is 5.87. The number of nitrogens with zero attached hydrogens (tertiary/aromatic N) is 2. The van der Waals surface area contributed by atoms with E-state index in [0.717, 1.165) is 11.9 Å². The molecule has 0 saturated heterocycles. The van der Waals surface area contributed by atoms with Gasteiger partial charge in [0.25, 0.3) is 0 Å². The second kappa shape index (κ2) is 8.29. The Kier molecular flexibility index (Phi) is 5.39. The zero-order valence-corrected chi connectivity index (χ0v) is 16.8. The second-order valence-corrected chi connectivity index (χ2v) is 6.76. The Morgan fingerprint density at radius 2 is 1.93 bits per heavy atom. The van der Waals surface area contributed by atoms with Crippen LogP contribution in [-0.4, -0.2) is 28.0 Å². The number of phenols is 2. The van der Waals surface area contributed by atoms with Crippen LogP contribution in [0.3, 0.4) is 0 Å². The first kappa shape index (κ1) is 19.5. The van der Waals surface area contributed by atoms with Gasteiger partial charge in [-0.2, -0.15) is 0 Å². The smallest absolute Gasteiger partial charge is 0.231 e. The molecule has 2 N–H and O–H groups in total. The number of aromatic hydroxyl groups is 2. The van der Waals surface area contributed by atoms with Gasteiger partial charge < -0.3 is 19.4 Å². The molecule has 4 rings (SSSR count). The number of para-hydroxylation sites is 1. The van der Waals surface area contributed by atoms with Crippen LogP contribution < -0.4 is 4.74 Å². The van der Waals surface area contributed by atoms with E-state index in [0.29, 0.717) is 40.6 Å². The van der Waals surface area contributed by atoms with Gasteiger partial charge in [-0.25, -0.2) is 4.98 Å². The van der Waals surface area contributed by atoms with Gasteiger partial charge in [-0.15, -0.1) is 0 Å². The minimum absolute atomic E-state index is 0.0350. The summed E-state index contributed by atoms with van der Waals surface area (Å²) in [7, 11) is 0. The van der Waals surface area contributed by atoms with Crippen molar-refractivity contribution in [1.82, 2.24) is 4.98 Å². The van der Waals surface area contributed by atoms with Crippen LogP contribution >= 0.6 is 0 Å². The highest BCUT2D eigenvalue weighted by Crippen LogP contribution is 2.35. The van der Waals surface area contributed by atoms with Crippen molar-refractivity contribution in [1.29, 1.82) is 0 Å². The molecule has 0 atom stereocenters. The molecule has 0 unspecified atom stereocenters. The number of hydrogen-bond donors (Lipinski definition) is 2. The van der Waals surface area contributed by atoms with Crippen LogP contribution in [0.1, 0.15) is 25.0 Å². The van der Waals surface area contributed by atoms with Crippen molar-refractivity contribution < 1.29 is 19.4 Å². The number of aromatic nitrogens is 1. The molecule has 0 aliphatic heterocycles. The summed E-state index contributed by atoms with van der Waals surface area (Å²) in [5, 5.41) is 20.6. The minimum atomic E-state index is 0.0350. The molecule has 4 aromatic rings. The Bertz CT molecular complexity index is 1230.